The van der Waals surface area contributed by atoms with E-state index in [9.17, 15) is 0 Å². The fraction of sp³-hybridized carbons (Fsp3) is 0.312. The largest absolute Gasteiger partial charge is 0.0622 e. The van der Waals surface area contributed by atoms with Gasteiger partial charge in [-0.25, -0.2) is 0 Å². The SMILES string of the molecule is c1ccc(-c2ccc(C3c4ccccc4C(c4c5ccccc5c(-c5ccc(C6CCCCC6)c(C6CCCCC6)c5)c5ccccc45)C4CCCCC34)cc2-c2ccccc2)cc1. The van der Waals surface area contributed by atoms with Crippen LogP contribution in [0, 0.1) is 11.8 Å². The Morgan fingerprint density at radius 1 is 0.297 bits per heavy atom. The molecule has 4 aliphatic rings. The van der Waals surface area contributed by atoms with Crippen molar-refractivity contribution in [1.82, 2.24) is 0 Å². The maximum absolute atomic E-state index is 2.71. The van der Waals surface area contributed by atoms with Crippen LogP contribution in [0.4, 0.5) is 0 Å². The summed E-state index contributed by atoms with van der Waals surface area (Å²) >= 11 is 0. The second-order valence-electron chi connectivity index (χ2n) is 20.1. The van der Waals surface area contributed by atoms with Crippen molar-refractivity contribution in [2.24, 2.45) is 11.8 Å². The molecular formula is C64H62. The summed E-state index contributed by atoms with van der Waals surface area (Å²) in [7, 11) is 0. The summed E-state index contributed by atoms with van der Waals surface area (Å²) in [4.78, 5) is 0. The number of hydrogen-bond donors (Lipinski definition) is 0. The Balaban J connectivity index is 1.04. The lowest BCUT2D eigenvalue weighted by molar-refractivity contribution is 0.181. The number of rotatable bonds is 7. The first kappa shape index (κ1) is 39.8. The van der Waals surface area contributed by atoms with Gasteiger partial charge in [0, 0.05) is 11.8 Å². The standard InChI is InChI=1S/C64H62/c1-5-21-43(22-6-1)49-39-37-47(41-59(49)45-25-9-3-10-26-45)61-51-29-13-17-33-55(51)63(56-34-18-14-30-52(56)61)64-57-35-19-15-31-53(57)62(54-32-16-20-36-58(54)64)48-38-40-50(44-23-7-2-8-24-44)60(42-48)46-27-11-4-12-28-46/h1,3,5-6,9-10,13,15-17,19-22,25-26,29,31-33,35-42,44,46,52,56,61,63H,2,4,7-8,11-12,14,18,23-24,27-28,30,34H2. The van der Waals surface area contributed by atoms with E-state index >= 15 is 0 Å². The summed E-state index contributed by atoms with van der Waals surface area (Å²) in [5, 5.41) is 5.75. The van der Waals surface area contributed by atoms with Crippen LogP contribution in [0.2, 0.25) is 0 Å². The van der Waals surface area contributed by atoms with Gasteiger partial charge < -0.3 is 0 Å². The third-order valence-corrected chi connectivity index (χ3v) is 16.7. The van der Waals surface area contributed by atoms with Gasteiger partial charge in [-0.15, -0.1) is 0 Å². The lowest BCUT2D eigenvalue weighted by atomic mass is 9.55. The molecular weight excluding hydrogens is 769 g/mol. The van der Waals surface area contributed by atoms with Crippen molar-refractivity contribution in [1.29, 1.82) is 0 Å². The molecule has 0 heterocycles. The smallest absolute Gasteiger partial charge is 0.0136 e. The molecule has 0 heteroatoms. The van der Waals surface area contributed by atoms with Crippen molar-refractivity contribution in [3.05, 3.63) is 203 Å². The van der Waals surface area contributed by atoms with E-state index in [0.29, 0.717) is 29.6 Å². The minimum Gasteiger partial charge on any atom is -0.0622 e. The highest BCUT2D eigenvalue weighted by Gasteiger charge is 2.46. The van der Waals surface area contributed by atoms with E-state index in [0.717, 1.165) is 5.92 Å². The molecule has 318 valence electrons. The molecule has 0 bridgehead atoms. The molecule has 0 saturated heterocycles. The van der Waals surface area contributed by atoms with Crippen LogP contribution in [-0.4, -0.2) is 0 Å². The van der Waals surface area contributed by atoms with Crippen LogP contribution in [0.5, 0.6) is 0 Å². The van der Waals surface area contributed by atoms with Crippen molar-refractivity contribution in [3.8, 4) is 33.4 Å². The summed E-state index contributed by atoms with van der Waals surface area (Å²) in [6.45, 7) is 0. The summed E-state index contributed by atoms with van der Waals surface area (Å²) < 4.78 is 0. The van der Waals surface area contributed by atoms with E-state index in [4.69, 9.17) is 0 Å². The molecule has 0 radical (unpaired) electrons. The third kappa shape index (κ3) is 7.04. The Hall–Kier alpha value is -5.72. The summed E-state index contributed by atoms with van der Waals surface area (Å²) in [5.74, 6) is 3.19. The van der Waals surface area contributed by atoms with Gasteiger partial charge in [-0.3, -0.25) is 0 Å². The molecule has 4 unspecified atom stereocenters. The molecule has 4 aliphatic carbocycles. The monoisotopic (exact) mass is 830 g/mol. The summed E-state index contributed by atoms with van der Waals surface area (Å²) in [6, 6.07) is 66.3. The van der Waals surface area contributed by atoms with E-state index < -0.39 is 0 Å². The first-order valence-electron chi connectivity index (χ1n) is 25.2. The van der Waals surface area contributed by atoms with Gasteiger partial charge in [0.05, 0.1) is 0 Å². The highest BCUT2D eigenvalue weighted by atomic mass is 14.5. The molecule has 12 rings (SSSR count). The van der Waals surface area contributed by atoms with Gasteiger partial charge >= 0.3 is 0 Å². The van der Waals surface area contributed by atoms with Gasteiger partial charge in [-0.05, 0) is 157 Å². The highest BCUT2D eigenvalue weighted by molar-refractivity contribution is 6.15. The number of benzene rings is 8. The molecule has 4 atom stereocenters. The van der Waals surface area contributed by atoms with Crippen molar-refractivity contribution >= 4 is 21.5 Å². The predicted octanol–water partition coefficient (Wildman–Crippen LogP) is 18.2. The van der Waals surface area contributed by atoms with Crippen molar-refractivity contribution < 1.29 is 0 Å². The Bertz CT molecular complexity index is 2870. The number of hydrogen-bond acceptors (Lipinski definition) is 0. The molecule has 0 N–H and O–H groups in total. The van der Waals surface area contributed by atoms with Gasteiger partial charge in [0.1, 0.15) is 0 Å². The molecule has 0 aromatic heterocycles. The average molecular weight is 831 g/mol. The van der Waals surface area contributed by atoms with Crippen molar-refractivity contribution in [2.75, 3.05) is 0 Å². The van der Waals surface area contributed by atoms with E-state index in [2.05, 4.69) is 170 Å². The normalized spacial score (nSPS) is 21.7. The summed E-state index contributed by atoms with van der Waals surface area (Å²) in [6.07, 6.45) is 18.9. The molecule has 8 aromatic rings. The van der Waals surface area contributed by atoms with Gasteiger partial charge in [0.2, 0.25) is 0 Å². The minimum atomic E-state index is 0.324. The predicted molar refractivity (Wildman–Crippen MR) is 271 cm³/mol. The Labute approximate surface area is 381 Å². The summed E-state index contributed by atoms with van der Waals surface area (Å²) in [5.41, 5.74) is 17.6. The zero-order valence-corrected chi connectivity index (χ0v) is 37.5. The Morgan fingerprint density at radius 3 is 1.39 bits per heavy atom. The van der Waals surface area contributed by atoms with Gasteiger partial charge in [-0.2, -0.15) is 0 Å². The van der Waals surface area contributed by atoms with E-state index in [1.165, 1.54) is 156 Å². The molecule has 0 amide bonds. The molecule has 64 heavy (non-hydrogen) atoms. The van der Waals surface area contributed by atoms with E-state index in [1.807, 2.05) is 0 Å². The fourth-order valence-electron chi connectivity index (χ4n) is 13.9. The molecule has 3 saturated carbocycles. The Morgan fingerprint density at radius 2 is 0.781 bits per heavy atom. The quantitative estimate of drug-likeness (QED) is 0.140. The topological polar surface area (TPSA) is 0 Å². The lowest BCUT2D eigenvalue weighted by Gasteiger charge is -2.48. The second-order valence-corrected chi connectivity index (χ2v) is 20.1. The second kappa shape index (κ2) is 17.3. The van der Waals surface area contributed by atoms with Crippen molar-refractivity contribution in [2.45, 2.75) is 114 Å². The van der Waals surface area contributed by atoms with E-state index in [-0.39, 0.29) is 0 Å². The van der Waals surface area contributed by atoms with Gasteiger partial charge in [0.15, 0.2) is 0 Å². The molecule has 8 aromatic carbocycles. The first-order valence-corrected chi connectivity index (χ1v) is 25.2. The zero-order valence-electron chi connectivity index (χ0n) is 37.5. The first-order chi connectivity index (χ1) is 31.8. The fourth-order valence-corrected chi connectivity index (χ4v) is 13.9. The van der Waals surface area contributed by atoms with Crippen LogP contribution in [-0.2, 0) is 0 Å². The molecule has 0 nitrogen and oxygen atoms in total. The molecule has 3 fully saturated rings. The van der Waals surface area contributed by atoms with Crippen molar-refractivity contribution in [3.63, 3.8) is 0 Å². The van der Waals surface area contributed by atoms with Crippen LogP contribution in [0.25, 0.3) is 54.9 Å². The Kier molecular flexibility index (Phi) is 10.8. The molecule has 0 spiro atoms. The maximum atomic E-state index is 2.71. The van der Waals surface area contributed by atoms with Crippen LogP contribution in [0.1, 0.15) is 147 Å². The average Bonchev–Trinajstić information content (AvgIpc) is 3.38. The van der Waals surface area contributed by atoms with Crippen LogP contribution >= 0.6 is 0 Å². The zero-order chi connectivity index (χ0) is 42.4. The maximum Gasteiger partial charge on any atom is 0.0136 e. The lowest BCUT2D eigenvalue weighted by Crippen LogP contribution is -2.36. The highest BCUT2D eigenvalue weighted by Crippen LogP contribution is 2.59. The van der Waals surface area contributed by atoms with Crippen LogP contribution < -0.4 is 0 Å². The van der Waals surface area contributed by atoms with Gasteiger partial charge in [-0.1, -0.05) is 215 Å². The molecule has 0 aliphatic heterocycles. The van der Waals surface area contributed by atoms with Gasteiger partial charge in [0.25, 0.3) is 0 Å². The van der Waals surface area contributed by atoms with Crippen LogP contribution in [0.3, 0.4) is 0 Å². The number of fused-ring (bicyclic) bond motifs is 4. The third-order valence-electron chi connectivity index (χ3n) is 16.7. The van der Waals surface area contributed by atoms with E-state index in [1.54, 1.807) is 22.3 Å². The minimum absolute atomic E-state index is 0.324. The van der Waals surface area contributed by atoms with Crippen LogP contribution in [0.15, 0.2) is 170 Å².